The number of ether oxygens (including phenoxy) is 1. The molecule has 5 rings (SSSR count). The minimum Gasteiger partial charge on any atom is -0.462 e. The third-order valence-corrected chi connectivity index (χ3v) is 6.88. The third kappa shape index (κ3) is 2.13. The minimum absolute atomic E-state index is 0.259. The van der Waals surface area contributed by atoms with Gasteiger partial charge in [-0.3, -0.25) is 0 Å². The van der Waals surface area contributed by atoms with Crippen LogP contribution in [0.2, 0.25) is 5.02 Å². The van der Waals surface area contributed by atoms with E-state index in [0.29, 0.717) is 5.02 Å². The van der Waals surface area contributed by atoms with Crippen LogP contribution in [0.1, 0.15) is 25.0 Å². The molecule has 136 valence electrons. The first-order valence-corrected chi connectivity index (χ1v) is 10.2. The fourth-order valence-corrected chi connectivity index (χ4v) is 5.61. The minimum atomic E-state index is -0.608. The number of halogens is 2. The Morgan fingerprint density at radius 1 is 1.07 bits per heavy atom. The molecule has 2 aliphatic rings. The fraction of sp³-hybridized carbons (Fsp3) is 0.217. The summed E-state index contributed by atoms with van der Waals surface area (Å²) in [6.45, 7) is 4.53. The van der Waals surface area contributed by atoms with Gasteiger partial charge in [0.25, 0.3) is 0 Å². The van der Waals surface area contributed by atoms with Crippen LogP contribution < -0.4 is 9.64 Å². The Morgan fingerprint density at radius 2 is 1.85 bits per heavy atom. The molecule has 0 amide bonds. The summed E-state index contributed by atoms with van der Waals surface area (Å²) >= 11 is 9.86. The van der Waals surface area contributed by atoms with E-state index in [1.165, 1.54) is 22.0 Å². The summed E-state index contributed by atoms with van der Waals surface area (Å²) in [7, 11) is 2.11. The molecule has 0 saturated heterocycles. The second kappa shape index (κ2) is 5.52. The lowest BCUT2D eigenvalue weighted by Crippen LogP contribution is -2.58. The van der Waals surface area contributed by atoms with E-state index >= 15 is 0 Å². The van der Waals surface area contributed by atoms with Crippen molar-refractivity contribution in [2.45, 2.75) is 25.0 Å². The maximum Gasteiger partial charge on any atom is 0.211 e. The Labute approximate surface area is 172 Å². The molecule has 3 aromatic carbocycles. The monoisotopic (exact) mass is 439 g/mol. The van der Waals surface area contributed by atoms with Crippen molar-refractivity contribution in [3.63, 3.8) is 0 Å². The van der Waals surface area contributed by atoms with Gasteiger partial charge in [0.2, 0.25) is 5.72 Å². The number of nitrogens with zero attached hydrogens (tertiary/aromatic N) is 1. The molecule has 2 nitrogen and oxygen atoms in total. The van der Waals surface area contributed by atoms with Gasteiger partial charge in [0.05, 0.1) is 9.89 Å². The molecular weight excluding hydrogens is 422 g/mol. The molecule has 0 fully saturated rings. The van der Waals surface area contributed by atoms with Crippen molar-refractivity contribution >= 4 is 50.1 Å². The van der Waals surface area contributed by atoms with Crippen LogP contribution in [-0.4, -0.2) is 12.8 Å². The Kier molecular flexibility index (Phi) is 3.51. The quantitative estimate of drug-likeness (QED) is 0.382. The molecule has 2 heterocycles. The molecule has 0 N–H and O–H groups in total. The van der Waals surface area contributed by atoms with Crippen LogP contribution >= 0.6 is 27.5 Å². The summed E-state index contributed by atoms with van der Waals surface area (Å²) in [5, 5.41) is 3.22. The number of hydrogen-bond acceptors (Lipinski definition) is 2. The predicted molar refractivity (Wildman–Crippen MR) is 117 cm³/mol. The first-order valence-electron chi connectivity index (χ1n) is 8.98. The molecule has 3 aromatic rings. The average Bonchev–Trinajstić information content (AvgIpc) is 2.81. The number of hydrogen-bond donors (Lipinski definition) is 0. The standard InChI is InChI=1S/C23H19BrClNO/c1-22(2)20-17-7-5-4-6-14(17)8-9-19(20)26(3)23(22)11-10-15-12-16(25)13-18(24)21(15)27-23/h4-13H,1-3H3. The topological polar surface area (TPSA) is 12.5 Å². The van der Waals surface area contributed by atoms with Crippen molar-refractivity contribution in [3.8, 4) is 5.75 Å². The van der Waals surface area contributed by atoms with Crippen LogP contribution in [0.3, 0.4) is 0 Å². The van der Waals surface area contributed by atoms with E-state index in [1.807, 2.05) is 12.1 Å². The molecular formula is C23H19BrClNO. The molecule has 4 heteroatoms. The summed E-state index contributed by atoms with van der Waals surface area (Å²) in [5.41, 5.74) is 2.65. The number of fused-ring (bicyclic) bond motifs is 4. The molecule has 0 saturated carbocycles. The van der Waals surface area contributed by atoms with E-state index in [1.54, 1.807) is 0 Å². The lowest BCUT2D eigenvalue weighted by Gasteiger charge is -2.46. The highest BCUT2D eigenvalue weighted by atomic mass is 79.9. The molecule has 1 unspecified atom stereocenters. The maximum absolute atomic E-state index is 6.76. The molecule has 0 aromatic heterocycles. The zero-order valence-electron chi connectivity index (χ0n) is 15.4. The third-order valence-electron chi connectivity index (χ3n) is 6.07. The first-order chi connectivity index (χ1) is 12.8. The van der Waals surface area contributed by atoms with E-state index in [9.17, 15) is 0 Å². The van der Waals surface area contributed by atoms with E-state index < -0.39 is 5.72 Å². The van der Waals surface area contributed by atoms with Gasteiger partial charge < -0.3 is 9.64 Å². The van der Waals surface area contributed by atoms with Crippen LogP contribution in [0.4, 0.5) is 5.69 Å². The number of rotatable bonds is 0. The molecule has 1 spiro atoms. The van der Waals surface area contributed by atoms with Crippen LogP contribution in [0.15, 0.2) is 59.1 Å². The smallest absolute Gasteiger partial charge is 0.211 e. The van der Waals surface area contributed by atoms with E-state index in [2.05, 4.69) is 90.3 Å². The lowest BCUT2D eigenvalue weighted by molar-refractivity contribution is 0.0578. The van der Waals surface area contributed by atoms with Gasteiger partial charge in [0, 0.05) is 23.3 Å². The zero-order valence-corrected chi connectivity index (χ0v) is 17.7. The van der Waals surface area contributed by atoms with E-state index in [0.717, 1.165) is 15.8 Å². The number of anilines is 1. The van der Waals surface area contributed by atoms with Crippen LogP contribution in [-0.2, 0) is 5.41 Å². The van der Waals surface area contributed by atoms with Gasteiger partial charge in [-0.1, -0.05) is 41.9 Å². The SMILES string of the molecule is CN1c2ccc3ccccc3c2C(C)(C)C12C=Cc1cc(Cl)cc(Br)c1O2. The van der Waals surface area contributed by atoms with Crippen molar-refractivity contribution < 1.29 is 4.74 Å². The van der Waals surface area contributed by atoms with Gasteiger partial charge in [0.1, 0.15) is 5.75 Å². The molecule has 2 aliphatic heterocycles. The lowest BCUT2D eigenvalue weighted by atomic mass is 9.75. The van der Waals surface area contributed by atoms with Gasteiger partial charge in [0.15, 0.2) is 0 Å². The maximum atomic E-state index is 6.76. The van der Waals surface area contributed by atoms with Crippen molar-refractivity contribution in [2.75, 3.05) is 11.9 Å². The van der Waals surface area contributed by atoms with E-state index in [-0.39, 0.29) is 5.41 Å². The average molecular weight is 441 g/mol. The second-order valence-electron chi connectivity index (χ2n) is 7.80. The summed E-state index contributed by atoms with van der Waals surface area (Å²) in [4.78, 5) is 2.26. The van der Waals surface area contributed by atoms with Gasteiger partial charge in [-0.15, -0.1) is 0 Å². The van der Waals surface area contributed by atoms with Crippen molar-refractivity contribution in [1.82, 2.24) is 0 Å². The first kappa shape index (κ1) is 17.2. The predicted octanol–water partition coefficient (Wildman–Crippen LogP) is 6.79. The second-order valence-corrected chi connectivity index (χ2v) is 9.09. The van der Waals surface area contributed by atoms with Gasteiger partial charge in [-0.05, 0) is 76.5 Å². The summed E-state index contributed by atoms with van der Waals surface area (Å²) < 4.78 is 7.63. The highest BCUT2D eigenvalue weighted by Crippen LogP contribution is 2.57. The van der Waals surface area contributed by atoms with Gasteiger partial charge >= 0.3 is 0 Å². The highest BCUT2D eigenvalue weighted by molar-refractivity contribution is 9.10. The molecule has 1 atom stereocenters. The van der Waals surface area contributed by atoms with Crippen molar-refractivity contribution in [3.05, 3.63) is 75.2 Å². The van der Waals surface area contributed by atoms with Crippen LogP contribution in [0.5, 0.6) is 5.75 Å². The summed E-state index contributed by atoms with van der Waals surface area (Å²) in [6.07, 6.45) is 4.30. The Morgan fingerprint density at radius 3 is 2.67 bits per heavy atom. The Balaban J connectivity index is 1.76. The molecule has 27 heavy (non-hydrogen) atoms. The Bertz CT molecular complexity index is 1140. The molecule has 0 bridgehead atoms. The summed E-state index contributed by atoms with van der Waals surface area (Å²) in [6, 6.07) is 16.8. The largest absolute Gasteiger partial charge is 0.462 e. The van der Waals surface area contributed by atoms with Crippen molar-refractivity contribution in [2.24, 2.45) is 0 Å². The molecule has 0 aliphatic carbocycles. The van der Waals surface area contributed by atoms with Crippen LogP contribution in [0, 0.1) is 0 Å². The molecule has 0 radical (unpaired) electrons. The zero-order chi connectivity index (χ0) is 19.0. The Hall–Kier alpha value is -1.97. The van der Waals surface area contributed by atoms with Crippen molar-refractivity contribution in [1.29, 1.82) is 0 Å². The number of benzene rings is 3. The number of likely N-dealkylation sites (N-methyl/N-ethyl adjacent to an activating group) is 1. The van der Waals surface area contributed by atoms with Crippen LogP contribution in [0.25, 0.3) is 16.8 Å². The van der Waals surface area contributed by atoms with Gasteiger partial charge in [-0.25, -0.2) is 0 Å². The normalized spacial score (nSPS) is 22.0. The van der Waals surface area contributed by atoms with E-state index in [4.69, 9.17) is 16.3 Å². The highest BCUT2D eigenvalue weighted by Gasteiger charge is 2.58. The summed E-state index contributed by atoms with van der Waals surface area (Å²) in [5.74, 6) is 0.832. The van der Waals surface area contributed by atoms with Gasteiger partial charge in [-0.2, -0.15) is 0 Å². The fourth-order valence-electron chi connectivity index (χ4n) is 4.69.